The summed E-state index contributed by atoms with van der Waals surface area (Å²) in [5, 5.41) is 12.3. The summed E-state index contributed by atoms with van der Waals surface area (Å²) in [4.78, 5) is 26.0. The van der Waals surface area contributed by atoms with Gasteiger partial charge in [-0.2, -0.15) is 0 Å². The van der Waals surface area contributed by atoms with Crippen molar-refractivity contribution in [2.75, 3.05) is 31.7 Å². The van der Waals surface area contributed by atoms with Gasteiger partial charge in [0, 0.05) is 24.7 Å². The minimum atomic E-state index is -0.271. The Hall–Kier alpha value is -2.12. The van der Waals surface area contributed by atoms with E-state index in [4.69, 9.17) is 9.47 Å². The molecule has 7 nitrogen and oxygen atoms in total. The number of carbonyl (C=O) groups is 2. The maximum absolute atomic E-state index is 12.2. The van der Waals surface area contributed by atoms with E-state index in [1.165, 1.54) is 6.92 Å². The molecule has 0 atom stereocenters. The minimum absolute atomic E-state index is 0.111. The normalized spacial score (nSPS) is 18.0. The number of amides is 1. The Morgan fingerprint density at radius 1 is 1.26 bits per heavy atom. The Morgan fingerprint density at radius 3 is 2.57 bits per heavy atom. The zero-order chi connectivity index (χ0) is 16.4. The minimum Gasteiger partial charge on any atom is -0.454 e. The third kappa shape index (κ3) is 3.62. The molecule has 2 aliphatic rings. The van der Waals surface area contributed by atoms with Crippen LogP contribution < -0.4 is 14.8 Å². The van der Waals surface area contributed by atoms with Gasteiger partial charge in [-0.15, -0.1) is 0 Å². The third-order valence-electron chi connectivity index (χ3n) is 4.09. The van der Waals surface area contributed by atoms with E-state index in [2.05, 4.69) is 5.32 Å². The summed E-state index contributed by atoms with van der Waals surface area (Å²) >= 11 is 0. The van der Waals surface area contributed by atoms with Crippen molar-refractivity contribution in [2.24, 2.45) is 0 Å². The average Bonchev–Trinajstić information content (AvgIpc) is 2.96. The molecule has 0 radical (unpaired) electrons. The van der Waals surface area contributed by atoms with E-state index in [1.807, 2.05) is 4.90 Å². The monoisotopic (exact) mass is 320 g/mol. The van der Waals surface area contributed by atoms with Gasteiger partial charge in [-0.1, -0.05) is 0 Å². The second-order valence-electron chi connectivity index (χ2n) is 5.86. The SMILES string of the molecule is CC(=O)c1cc2c(cc1NC(=O)CN1CCC(O)CC1)OCO2. The first-order chi connectivity index (χ1) is 11.0. The molecule has 2 aliphatic heterocycles. The Morgan fingerprint density at radius 2 is 1.91 bits per heavy atom. The molecule has 0 aliphatic carbocycles. The van der Waals surface area contributed by atoms with Gasteiger partial charge < -0.3 is 19.9 Å². The quantitative estimate of drug-likeness (QED) is 0.805. The standard InChI is InChI=1S/C16H20N2O5/c1-10(19)12-6-14-15(23-9-22-14)7-13(12)17-16(21)8-18-4-2-11(20)3-5-18/h6-7,11,20H,2-5,8-9H2,1H3,(H,17,21). The van der Waals surface area contributed by atoms with E-state index in [0.717, 1.165) is 0 Å². The number of ether oxygens (including phenoxy) is 2. The Labute approximate surface area is 134 Å². The van der Waals surface area contributed by atoms with E-state index in [0.29, 0.717) is 48.7 Å². The number of Topliss-reactive ketones (excluding diaryl/α,β-unsaturated/α-hetero) is 1. The Balaban J connectivity index is 1.69. The molecule has 0 bridgehead atoms. The van der Waals surface area contributed by atoms with Crippen molar-refractivity contribution in [3.05, 3.63) is 17.7 Å². The highest BCUT2D eigenvalue weighted by molar-refractivity contribution is 6.05. The summed E-state index contributed by atoms with van der Waals surface area (Å²) in [6.45, 7) is 3.17. The van der Waals surface area contributed by atoms with Gasteiger partial charge in [0.25, 0.3) is 0 Å². The fraction of sp³-hybridized carbons (Fsp3) is 0.500. The first kappa shape index (κ1) is 15.8. The van der Waals surface area contributed by atoms with Gasteiger partial charge in [-0.05, 0) is 25.8 Å². The number of piperidine rings is 1. The van der Waals surface area contributed by atoms with Crippen LogP contribution in [0.2, 0.25) is 0 Å². The zero-order valence-electron chi connectivity index (χ0n) is 13.0. The molecule has 0 saturated carbocycles. The van der Waals surface area contributed by atoms with Crippen LogP contribution in [0.15, 0.2) is 12.1 Å². The van der Waals surface area contributed by atoms with Gasteiger partial charge in [0.2, 0.25) is 12.7 Å². The number of hydrogen-bond acceptors (Lipinski definition) is 6. The second-order valence-corrected chi connectivity index (χ2v) is 5.86. The van der Waals surface area contributed by atoms with Crippen LogP contribution in [0, 0.1) is 0 Å². The predicted octanol–water partition coefficient (Wildman–Crippen LogP) is 1.01. The van der Waals surface area contributed by atoms with E-state index in [1.54, 1.807) is 12.1 Å². The summed E-state index contributed by atoms with van der Waals surface area (Å²) in [6, 6.07) is 3.22. The highest BCUT2D eigenvalue weighted by atomic mass is 16.7. The first-order valence-electron chi connectivity index (χ1n) is 7.68. The van der Waals surface area contributed by atoms with Crippen LogP contribution in [0.5, 0.6) is 11.5 Å². The number of hydrogen-bond donors (Lipinski definition) is 2. The lowest BCUT2D eigenvalue weighted by atomic mass is 10.1. The topological polar surface area (TPSA) is 88.1 Å². The van der Waals surface area contributed by atoms with Crippen LogP contribution >= 0.6 is 0 Å². The number of nitrogens with one attached hydrogen (secondary N) is 1. The molecule has 2 heterocycles. The number of anilines is 1. The van der Waals surface area contributed by atoms with Crippen LogP contribution in [0.3, 0.4) is 0 Å². The molecule has 0 spiro atoms. The van der Waals surface area contributed by atoms with E-state index < -0.39 is 0 Å². The largest absolute Gasteiger partial charge is 0.454 e. The van der Waals surface area contributed by atoms with E-state index in [9.17, 15) is 14.7 Å². The molecule has 1 amide bonds. The molecule has 124 valence electrons. The predicted molar refractivity (Wildman–Crippen MR) is 82.9 cm³/mol. The molecular weight excluding hydrogens is 300 g/mol. The van der Waals surface area contributed by atoms with Crippen LogP contribution in [0.4, 0.5) is 5.69 Å². The fourth-order valence-corrected chi connectivity index (χ4v) is 2.81. The summed E-state index contributed by atoms with van der Waals surface area (Å²) in [5.74, 6) is 0.687. The molecule has 0 unspecified atom stereocenters. The van der Waals surface area contributed by atoms with Gasteiger partial charge in [0.1, 0.15) is 0 Å². The number of benzene rings is 1. The first-order valence-corrected chi connectivity index (χ1v) is 7.68. The highest BCUT2D eigenvalue weighted by Crippen LogP contribution is 2.37. The number of rotatable bonds is 4. The smallest absolute Gasteiger partial charge is 0.238 e. The van der Waals surface area contributed by atoms with Crippen molar-refractivity contribution in [3.63, 3.8) is 0 Å². The van der Waals surface area contributed by atoms with E-state index in [-0.39, 0.29) is 31.1 Å². The number of carbonyl (C=O) groups excluding carboxylic acids is 2. The molecule has 1 saturated heterocycles. The Kier molecular flexibility index (Phi) is 4.49. The van der Waals surface area contributed by atoms with Gasteiger partial charge in [-0.3, -0.25) is 14.5 Å². The molecule has 7 heteroatoms. The molecule has 1 aromatic carbocycles. The number of aliphatic hydroxyl groups excluding tert-OH is 1. The van der Waals surface area contributed by atoms with Crippen LogP contribution in [0.25, 0.3) is 0 Å². The van der Waals surface area contributed by atoms with Crippen molar-refractivity contribution >= 4 is 17.4 Å². The van der Waals surface area contributed by atoms with Gasteiger partial charge in [0.05, 0.1) is 18.3 Å². The number of ketones is 1. The van der Waals surface area contributed by atoms with Crippen molar-refractivity contribution in [3.8, 4) is 11.5 Å². The van der Waals surface area contributed by atoms with Crippen LogP contribution in [0.1, 0.15) is 30.1 Å². The lowest BCUT2D eigenvalue weighted by Crippen LogP contribution is -2.40. The summed E-state index contributed by atoms with van der Waals surface area (Å²) in [6.07, 6.45) is 1.08. The number of nitrogens with zero attached hydrogens (tertiary/aromatic N) is 1. The zero-order valence-corrected chi connectivity index (χ0v) is 13.0. The van der Waals surface area contributed by atoms with Crippen molar-refractivity contribution in [1.82, 2.24) is 4.90 Å². The number of fused-ring (bicyclic) bond motifs is 1. The van der Waals surface area contributed by atoms with Crippen LogP contribution in [-0.4, -0.2) is 54.2 Å². The van der Waals surface area contributed by atoms with Gasteiger partial charge >= 0.3 is 0 Å². The summed E-state index contributed by atoms with van der Waals surface area (Å²) in [5.41, 5.74) is 0.834. The molecule has 1 fully saturated rings. The highest BCUT2D eigenvalue weighted by Gasteiger charge is 2.22. The number of likely N-dealkylation sites (tertiary alicyclic amines) is 1. The second kappa shape index (κ2) is 6.55. The molecule has 2 N–H and O–H groups in total. The molecule has 3 rings (SSSR count). The van der Waals surface area contributed by atoms with Crippen molar-refractivity contribution in [2.45, 2.75) is 25.9 Å². The maximum atomic E-state index is 12.2. The van der Waals surface area contributed by atoms with Crippen molar-refractivity contribution in [1.29, 1.82) is 0 Å². The summed E-state index contributed by atoms with van der Waals surface area (Å²) < 4.78 is 10.6. The fourth-order valence-electron chi connectivity index (χ4n) is 2.81. The molecular formula is C16H20N2O5. The van der Waals surface area contributed by atoms with E-state index >= 15 is 0 Å². The van der Waals surface area contributed by atoms with Gasteiger partial charge in [0.15, 0.2) is 17.3 Å². The number of aliphatic hydroxyl groups is 1. The molecule has 23 heavy (non-hydrogen) atoms. The van der Waals surface area contributed by atoms with Crippen LogP contribution in [-0.2, 0) is 4.79 Å². The summed E-state index contributed by atoms with van der Waals surface area (Å²) in [7, 11) is 0. The average molecular weight is 320 g/mol. The van der Waals surface area contributed by atoms with Gasteiger partial charge in [-0.25, -0.2) is 0 Å². The third-order valence-corrected chi connectivity index (χ3v) is 4.09. The van der Waals surface area contributed by atoms with Crippen molar-refractivity contribution < 1.29 is 24.2 Å². The lowest BCUT2D eigenvalue weighted by molar-refractivity contribution is -0.117. The molecule has 0 aromatic heterocycles. The Bertz CT molecular complexity index is 623. The maximum Gasteiger partial charge on any atom is 0.238 e. The lowest BCUT2D eigenvalue weighted by Gasteiger charge is -2.28. The molecule has 1 aromatic rings.